The number of aliphatic hydroxyl groups is 1. The molecular weight excluding hydrogens is 490 g/mol. The van der Waals surface area contributed by atoms with Gasteiger partial charge in [-0.25, -0.2) is 0 Å². The van der Waals surface area contributed by atoms with E-state index in [1.165, 1.54) is 0 Å². The minimum Gasteiger partial charge on any atom is -0.507 e. The van der Waals surface area contributed by atoms with Crippen LogP contribution in [0.1, 0.15) is 61.1 Å². The molecule has 0 radical (unpaired) electrons. The fraction of sp³-hybridized carbons (Fsp3) is 0.333. The molecule has 1 fully saturated rings. The third-order valence-electron chi connectivity index (χ3n) is 7.08. The summed E-state index contributed by atoms with van der Waals surface area (Å²) in [7, 11) is 1.60. The zero-order valence-corrected chi connectivity index (χ0v) is 23.4. The number of amides is 1. The summed E-state index contributed by atoms with van der Waals surface area (Å²) in [6.07, 6.45) is 0.576. The summed E-state index contributed by atoms with van der Waals surface area (Å²) in [5.74, 6) is -0.821. The van der Waals surface area contributed by atoms with Crippen molar-refractivity contribution in [2.75, 3.05) is 20.3 Å². The van der Waals surface area contributed by atoms with Gasteiger partial charge in [0.2, 0.25) is 0 Å². The maximum Gasteiger partial charge on any atom is 0.295 e. The first-order chi connectivity index (χ1) is 18.6. The summed E-state index contributed by atoms with van der Waals surface area (Å²) in [6.45, 7) is 9.47. The average molecular weight is 528 g/mol. The molecule has 6 nitrogen and oxygen atoms in total. The predicted molar refractivity (Wildman–Crippen MR) is 153 cm³/mol. The summed E-state index contributed by atoms with van der Waals surface area (Å²) >= 11 is 0. The molecule has 0 spiro atoms. The van der Waals surface area contributed by atoms with Crippen LogP contribution in [0.4, 0.5) is 0 Å². The Bertz CT molecular complexity index is 1350. The van der Waals surface area contributed by atoms with Crippen molar-refractivity contribution in [3.05, 3.63) is 106 Å². The molecule has 1 heterocycles. The first-order valence-electron chi connectivity index (χ1n) is 13.3. The third kappa shape index (κ3) is 6.23. The van der Waals surface area contributed by atoms with E-state index in [4.69, 9.17) is 9.47 Å². The second-order valence-corrected chi connectivity index (χ2v) is 11.0. The van der Waals surface area contributed by atoms with Crippen molar-refractivity contribution in [2.24, 2.45) is 0 Å². The zero-order valence-electron chi connectivity index (χ0n) is 23.4. The molecule has 1 amide bonds. The monoisotopic (exact) mass is 527 g/mol. The molecule has 0 bridgehead atoms. The van der Waals surface area contributed by atoms with E-state index >= 15 is 0 Å². The van der Waals surface area contributed by atoms with E-state index in [9.17, 15) is 14.7 Å². The number of methoxy groups -OCH3 is 1. The number of carbonyl (C=O) groups is 2. The molecule has 1 atom stereocenters. The molecule has 1 N–H and O–H groups in total. The van der Waals surface area contributed by atoms with Crippen molar-refractivity contribution in [3.63, 3.8) is 0 Å². The molecule has 3 aromatic carbocycles. The quantitative estimate of drug-likeness (QED) is 0.152. The first kappa shape index (κ1) is 28.1. The van der Waals surface area contributed by atoms with Crippen LogP contribution < -0.4 is 4.74 Å². The van der Waals surface area contributed by atoms with Gasteiger partial charge >= 0.3 is 0 Å². The van der Waals surface area contributed by atoms with Crippen molar-refractivity contribution in [3.8, 4) is 5.75 Å². The second kappa shape index (κ2) is 11.9. The number of hydrogen-bond acceptors (Lipinski definition) is 5. The fourth-order valence-corrected chi connectivity index (χ4v) is 4.88. The van der Waals surface area contributed by atoms with Crippen molar-refractivity contribution in [1.29, 1.82) is 0 Å². The molecule has 204 valence electrons. The molecule has 1 unspecified atom stereocenters. The zero-order chi connectivity index (χ0) is 28.2. The van der Waals surface area contributed by atoms with Crippen molar-refractivity contribution in [2.45, 2.75) is 52.2 Å². The number of nitrogens with zero attached hydrogens (tertiary/aromatic N) is 1. The van der Waals surface area contributed by atoms with Gasteiger partial charge < -0.3 is 19.5 Å². The van der Waals surface area contributed by atoms with Gasteiger partial charge in [0.1, 0.15) is 18.1 Å². The minimum atomic E-state index is -0.690. The van der Waals surface area contributed by atoms with Crippen LogP contribution >= 0.6 is 0 Å². The van der Waals surface area contributed by atoms with Gasteiger partial charge in [0.25, 0.3) is 11.7 Å². The summed E-state index contributed by atoms with van der Waals surface area (Å²) in [6, 6.07) is 22.5. The molecule has 1 saturated heterocycles. The molecule has 0 saturated carbocycles. The lowest BCUT2D eigenvalue weighted by Crippen LogP contribution is -2.31. The van der Waals surface area contributed by atoms with Gasteiger partial charge in [-0.2, -0.15) is 0 Å². The highest BCUT2D eigenvalue weighted by Crippen LogP contribution is 2.40. The van der Waals surface area contributed by atoms with Gasteiger partial charge in [0.05, 0.1) is 11.6 Å². The number of aryl methyl sites for hydroxylation is 1. The molecule has 0 aliphatic carbocycles. The SMILES string of the molecule is COCCCN1C(=O)C(=O)C(=C(O)c2ccc(OCc3ccccc3)cc2C)C1c1ccc(C(C)(C)C)cc1. The summed E-state index contributed by atoms with van der Waals surface area (Å²) in [4.78, 5) is 28.1. The predicted octanol–water partition coefficient (Wildman–Crippen LogP) is 6.33. The highest BCUT2D eigenvalue weighted by Gasteiger charge is 2.46. The number of ether oxygens (including phenoxy) is 2. The van der Waals surface area contributed by atoms with E-state index < -0.39 is 17.7 Å². The topological polar surface area (TPSA) is 76.1 Å². The molecule has 6 heteroatoms. The van der Waals surface area contributed by atoms with Crippen LogP contribution in [0.25, 0.3) is 5.76 Å². The standard InChI is InChI=1S/C33H37NO5/c1-22-20-26(39-21-23-10-7-6-8-11-23)16-17-27(22)30(35)28-29(24-12-14-25(15-13-24)33(2,3)4)34(18-9-19-38-5)32(37)31(28)36/h6-8,10-17,20,29,35H,9,18-19,21H2,1-5H3. The molecule has 0 aromatic heterocycles. The van der Waals surface area contributed by atoms with E-state index in [0.717, 1.165) is 22.3 Å². The van der Waals surface area contributed by atoms with Crippen LogP contribution in [0.15, 0.2) is 78.4 Å². The number of hydrogen-bond donors (Lipinski definition) is 1. The molecule has 39 heavy (non-hydrogen) atoms. The van der Waals surface area contributed by atoms with E-state index in [2.05, 4.69) is 20.8 Å². The van der Waals surface area contributed by atoms with Crippen molar-refractivity contribution < 1.29 is 24.2 Å². The van der Waals surface area contributed by atoms with Crippen molar-refractivity contribution >= 4 is 17.4 Å². The summed E-state index contributed by atoms with van der Waals surface area (Å²) in [5, 5.41) is 11.5. The number of carbonyl (C=O) groups excluding carboxylic acids is 2. The van der Waals surface area contributed by atoms with Gasteiger partial charge in [-0.3, -0.25) is 9.59 Å². The van der Waals surface area contributed by atoms with Crippen LogP contribution in [0.5, 0.6) is 5.75 Å². The van der Waals surface area contributed by atoms with Crippen LogP contribution in [0.2, 0.25) is 0 Å². The normalized spacial score (nSPS) is 17.1. The van der Waals surface area contributed by atoms with Crippen LogP contribution in [-0.4, -0.2) is 42.0 Å². The number of aliphatic hydroxyl groups excluding tert-OH is 1. The Labute approximate surface area is 230 Å². The lowest BCUT2D eigenvalue weighted by molar-refractivity contribution is -0.140. The number of rotatable bonds is 9. The smallest absolute Gasteiger partial charge is 0.295 e. The Morgan fingerprint density at radius 3 is 2.28 bits per heavy atom. The molecule has 3 aromatic rings. The van der Waals surface area contributed by atoms with Crippen molar-refractivity contribution in [1.82, 2.24) is 4.90 Å². The lowest BCUT2D eigenvalue weighted by Gasteiger charge is -2.26. The van der Waals surface area contributed by atoms with E-state index in [0.29, 0.717) is 37.5 Å². The third-order valence-corrected chi connectivity index (χ3v) is 7.08. The van der Waals surface area contributed by atoms with E-state index in [1.54, 1.807) is 24.1 Å². The maximum atomic E-state index is 13.3. The van der Waals surface area contributed by atoms with Crippen LogP contribution in [0, 0.1) is 6.92 Å². The van der Waals surface area contributed by atoms with Crippen LogP contribution in [0.3, 0.4) is 0 Å². The fourth-order valence-electron chi connectivity index (χ4n) is 4.88. The molecule has 1 aliphatic heterocycles. The number of likely N-dealkylation sites (tertiary alicyclic amines) is 1. The van der Waals surface area contributed by atoms with Crippen LogP contribution in [-0.2, 0) is 26.3 Å². The second-order valence-electron chi connectivity index (χ2n) is 11.0. The summed E-state index contributed by atoms with van der Waals surface area (Å²) < 4.78 is 11.1. The number of ketones is 1. The largest absolute Gasteiger partial charge is 0.507 e. The molecular formula is C33H37NO5. The Morgan fingerprint density at radius 1 is 0.974 bits per heavy atom. The Hall–Kier alpha value is -3.90. The Balaban J connectivity index is 1.71. The van der Waals surface area contributed by atoms with Gasteiger partial charge in [-0.15, -0.1) is 0 Å². The van der Waals surface area contributed by atoms with E-state index in [1.807, 2.05) is 67.6 Å². The first-order valence-corrected chi connectivity index (χ1v) is 13.3. The Morgan fingerprint density at radius 2 is 1.67 bits per heavy atom. The van der Waals surface area contributed by atoms with Gasteiger partial charge in [0.15, 0.2) is 0 Å². The average Bonchev–Trinajstić information content (AvgIpc) is 3.17. The molecule has 4 rings (SSSR count). The van der Waals surface area contributed by atoms with Gasteiger partial charge in [-0.1, -0.05) is 75.4 Å². The van der Waals surface area contributed by atoms with E-state index in [-0.39, 0.29) is 16.7 Å². The highest BCUT2D eigenvalue weighted by molar-refractivity contribution is 6.46. The highest BCUT2D eigenvalue weighted by atomic mass is 16.5. The lowest BCUT2D eigenvalue weighted by atomic mass is 9.85. The number of benzene rings is 3. The van der Waals surface area contributed by atoms with Gasteiger partial charge in [0, 0.05) is 25.8 Å². The summed E-state index contributed by atoms with van der Waals surface area (Å²) in [5.41, 5.74) is 4.26. The molecule has 1 aliphatic rings. The Kier molecular flexibility index (Phi) is 8.56. The van der Waals surface area contributed by atoms with Gasteiger partial charge in [-0.05, 0) is 59.2 Å². The minimum absolute atomic E-state index is 0.0414. The maximum absolute atomic E-state index is 13.3. The number of Topliss-reactive ketones (excluding diaryl/α,β-unsaturated/α-hetero) is 1.